The Morgan fingerprint density at radius 2 is 1.79 bits per heavy atom. The summed E-state index contributed by atoms with van der Waals surface area (Å²) in [5.74, 6) is 2.73. The number of nitrogens with zero attached hydrogens (tertiary/aromatic N) is 2. The molecule has 0 bridgehead atoms. The first-order valence-electron chi connectivity index (χ1n) is 6.08. The Bertz CT molecular complexity index is 536. The van der Waals surface area contributed by atoms with Crippen molar-refractivity contribution in [2.24, 2.45) is 0 Å². The van der Waals surface area contributed by atoms with Crippen LogP contribution >= 0.6 is 0 Å². The fourth-order valence-corrected chi connectivity index (χ4v) is 1.83. The van der Waals surface area contributed by atoms with Crippen molar-refractivity contribution in [1.82, 2.24) is 9.97 Å². The first-order chi connectivity index (χ1) is 9.30. The molecule has 0 aliphatic carbocycles. The maximum absolute atomic E-state index is 5.36. The Hall–Kier alpha value is -2.30. The van der Waals surface area contributed by atoms with E-state index in [1.165, 1.54) is 0 Å². The summed E-state index contributed by atoms with van der Waals surface area (Å²) < 4.78 is 10.7. The van der Waals surface area contributed by atoms with Crippen molar-refractivity contribution in [3.05, 3.63) is 30.5 Å². The molecule has 0 aliphatic rings. The minimum Gasteiger partial charge on any atom is -0.496 e. The van der Waals surface area contributed by atoms with Gasteiger partial charge in [-0.2, -0.15) is 0 Å². The molecule has 5 heteroatoms. The van der Waals surface area contributed by atoms with Crippen LogP contribution in [0.1, 0.15) is 6.92 Å². The largest absolute Gasteiger partial charge is 0.496 e. The second kappa shape index (κ2) is 6.04. The van der Waals surface area contributed by atoms with Gasteiger partial charge in [0.2, 0.25) is 0 Å². The topological polar surface area (TPSA) is 56.3 Å². The highest BCUT2D eigenvalue weighted by Crippen LogP contribution is 2.36. The Kier molecular flexibility index (Phi) is 4.18. The van der Waals surface area contributed by atoms with Crippen LogP contribution in [0.3, 0.4) is 0 Å². The van der Waals surface area contributed by atoms with E-state index in [4.69, 9.17) is 9.47 Å². The summed E-state index contributed by atoms with van der Waals surface area (Å²) in [4.78, 5) is 8.77. The molecule has 0 amide bonds. The molecule has 0 fully saturated rings. The molecule has 100 valence electrons. The van der Waals surface area contributed by atoms with Crippen molar-refractivity contribution < 1.29 is 9.47 Å². The SMILES string of the molecule is CCNc1ccnc(-c2c(OC)cccc2OC)n1. The summed E-state index contributed by atoms with van der Waals surface area (Å²) in [6.07, 6.45) is 1.71. The number of nitrogens with one attached hydrogen (secondary N) is 1. The molecule has 0 spiro atoms. The zero-order valence-corrected chi connectivity index (χ0v) is 11.3. The smallest absolute Gasteiger partial charge is 0.169 e. The lowest BCUT2D eigenvalue weighted by atomic mass is 10.1. The molecular formula is C14H17N3O2. The molecule has 0 atom stereocenters. The minimum absolute atomic E-state index is 0.577. The first kappa shape index (κ1) is 13.1. The van der Waals surface area contributed by atoms with Crippen molar-refractivity contribution >= 4 is 5.82 Å². The Balaban J connectivity index is 2.53. The van der Waals surface area contributed by atoms with E-state index in [0.717, 1.165) is 17.9 Å². The highest BCUT2D eigenvalue weighted by Gasteiger charge is 2.15. The summed E-state index contributed by atoms with van der Waals surface area (Å²) in [5.41, 5.74) is 0.757. The van der Waals surface area contributed by atoms with E-state index in [9.17, 15) is 0 Å². The predicted octanol–water partition coefficient (Wildman–Crippen LogP) is 2.59. The number of hydrogen-bond acceptors (Lipinski definition) is 5. The maximum Gasteiger partial charge on any atom is 0.169 e. The van der Waals surface area contributed by atoms with E-state index in [0.29, 0.717) is 17.3 Å². The summed E-state index contributed by atoms with van der Waals surface area (Å²) in [7, 11) is 3.23. The van der Waals surface area contributed by atoms with Crippen LogP contribution in [0.2, 0.25) is 0 Å². The highest BCUT2D eigenvalue weighted by atomic mass is 16.5. The molecule has 0 saturated carbocycles. The van der Waals surface area contributed by atoms with Gasteiger partial charge in [0.1, 0.15) is 22.9 Å². The second-order valence-corrected chi connectivity index (χ2v) is 3.83. The van der Waals surface area contributed by atoms with Gasteiger partial charge in [0.05, 0.1) is 14.2 Å². The van der Waals surface area contributed by atoms with Crippen LogP contribution in [-0.2, 0) is 0 Å². The van der Waals surface area contributed by atoms with Gasteiger partial charge in [0, 0.05) is 12.7 Å². The number of aromatic nitrogens is 2. The average Bonchev–Trinajstić information content (AvgIpc) is 2.47. The molecule has 1 aromatic carbocycles. The fourth-order valence-electron chi connectivity index (χ4n) is 1.83. The van der Waals surface area contributed by atoms with Crippen molar-refractivity contribution in [2.75, 3.05) is 26.1 Å². The Labute approximate surface area is 112 Å². The predicted molar refractivity (Wildman–Crippen MR) is 74.7 cm³/mol. The Morgan fingerprint density at radius 1 is 1.11 bits per heavy atom. The molecule has 0 saturated heterocycles. The number of benzene rings is 1. The molecule has 19 heavy (non-hydrogen) atoms. The van der Waals surface area contributed by atoms with E-state index < -0.39 is 0 Å². The van der Waals surface area contributed by atoms with E-state index in [1.54, 1.807) is 20.4 Å². The summed E-state index contributed by atoms with van der Waals surface area (Å²) >= 11 is 0. The summed E-state index contributed by atoms with van der Waals surface area (Å²) in [5, 5.41) is 3.16. The number of methoxy groups -OCH3 is 2. The van der Waals surface area contributed by atoms with Gasteiger partial charge in [-0.05, 0) is 25.1 Å². The van der Waals surface area contributed by atoms with Crippen molar-refractivity contribution in [3.63, 3.8) is 0 Å². The third-order valence-electron chi connectivity index (χ3n) is 2.66. The molecular weight excluding hydrogens is 242 g/mol. The third kappa shape index (κ3) is 2.76. The van der Waals surface area contributed by atoms with Crippen LogP contribution in [0.5, 0.6) is 11.5 Å². The van der Waals surface area contributed by atoms with Crippen molar-refractivity contribution in [1.29, 1.82) is 0 Å². The van der Waals surface area contributed by atoms with Crippen LogP contribution in [-0.4, -0.2) is 30.7 Å². The highest BCUT2D eigenvalue weighted by molar-refractivity contribution is 5.72. The van der Waals surface area contributed by atoms with Gasteiger partial charge in [-0.15, -0.1) is 0 Å². The van der Waals surface area contributed by atoms with Gasteiger partial charge in [-0.3, -0.25) is 0 Å². The molecule has 0 aliphatic heterocycles. The lowest BCUT2D eigenvalue weighted by Gasteiger charge is -2.12. The molecule has 1 aromatic heterocycles. The lowest BCUT2D eigenvalue weighted by molar-refractivity contribution is 0.397. The van der Waals surface area contributed by atoms with E-state index in [1.807, 2.05) is 31.2 Å². The van der Waals surface area contributed by atoms with Crippen molar-refractivity contribution in [2.45, 2.75) is 6.92 Å². The maximum atomic E-state index is 5.36. The standard InChI is InChI=1S/C14H17N3O2/c1-4-15-12-8-9-16-14(17-12)13-10(18-2)6-5-7-11(13)19-3/h5-9H,4H2,1-3H3,(H,15,16,17). The molecule has 1 N–H and O–H groups in total. The fraction of sp³-hybridized carbons (Fsp3) is 0.286. The van der Waals surface area contributed by atoms with Gasteiger partial charge in [0.25, 0.3) is 0 Å². The van der Waals surface area contributed by atoms with Gasteiger partial charge in [-0.1, -0.05) is 6.07 Å². The van der Waals surface area contributed by atoms with Crippen LogP contribution in [0, 0.1) is 0 Å². The zero-order valence-electron chi connectivity index (χ0n) is 11.3. The number of rotatable bonds is 5. The second-order valence-electron chi connectivity index (χ2n) is 3.83. The van der Waals surface area contributed by atoms with Crippen LogP contribution in [0.4, 0.5) is 5.82 Å². The summed E-state index contributed by atoms with van der Waals surface area (Å²) in [6.45, 7) is 2.82. The van der Waals surface area contributed by atoms with Crippen LogP contribution in [0.15, 0.2) is 30.5 Å². The average molecular weight is 259 g/mol. The monoisotopic (exact) mass is 259 g/mol. The van der Waals surface area contributed by atoms with E-state index in [-0.39, 0.29) is 0 Å². The normalized spacial score (nSPS) is 10.1. The van der Waals surface area contributed by atoms with E-state index >= 15 is 0 Å². The van der Waals surface area contributed by atoms with Gasteiger partial charge < -0.3 is 14.8 Å². The Morgan fingerprint density at radius 3 is 2.37 bits per heavy atom. The molecule has 0 unspecified atom stereocenters. The molecule has 0 radical (unpaired) electrons. The minimum atomic E-state index is 0.577. The quantitative estimate of drug-likeness (QED) is 0.894. The van der Waals surface area contributed by atoms with Gasteiger partial charge >= 0.3 is 0 Å². The van der Waals surface area contributed by atoms with Crippen LogP contribution < -0.4 is 14.8 Å². The molecule has 2 rings (SSSR count). The number of ether oxygens (including phenoxy) is 2. The third-order valence-corrected chi connectivity index (χ3v) is 2.66. The van der Waals surface area contributed by atoms with Gasteiger partial charge in [-0.25, -0.2) is 9.97 Å². The van der Waals surface area contributed by atoms with E-state index in [2.05, 4.69) is 15.3 Å². The molecule has 1 heterocycles. The first-order valence-corrected chi connectivity index (χ1v) is 6.08. The zero-order chi connectivity index (χ0) is 13.7. The van der Waals surface area contributed by atoms with Crippen LogP contribution in [0.25, 0.3) is 11.4 Å². The molecule has 2 aromatic rings. The lowest BCUT2D eigenvalue weighted by Crippen LogP contribution is -2.02. The van der Waals surface area contributed by atoms with Crippen molar-refractivity contribution in [3.8, 4) is 22.9 Å². The molecule has 5 nitrogen and oxygen atoms in total. The number of hydrogen-bond donors (Lipinski definition) is 1. The summed E-state index contributed by atoms with van der Waals surface area (Å²) in [6, 6.07) is 7.42. The number of anilines is 1. The van der Waals surface area contributed by atoms with Gasteiger partial charge in [0.15, 0.2) is 5.82 Å².